The van der Waals surface area contributed by atoms with Gasteiger partial charge in [-0.15, -0.1) is 0 Å². The molecule has 2 atom stereocenters. The molecule has 1 aliphatic rings. The molecule has 0 bridgehead atoms. The Bertz CT molecular complexity index is 333. The summed E-state index contributed by atoms with van der Waals surface area (Å²) >= 11 is 0. The van der Waals surface area contributed by atoms with Crippen LogP contribution in [0.15, 0.2) is 0 Å². The minimum absolute atomic E-state index is 0.259. The molecule has 0 aromatic carbocycles. The lowest BCUT2D eigenvalue weighted by Crippen LogP contribution is -2.53. The van der Waals surface area contributed by atoms with Gasteiger partial charge < -0.3 is 15.3 Å². The number of carboxylic acids is 1. The third-order valence-corrected chi connectivity index (χ3v) is 5.31. The second kappa shape index (κ2) is 6.44. The molecule has 4 heteroatoms. The van der Waals surface area contributed by atoms with Crippen LogP contribution in [0.1, 0.15) is 59.8 Å². The molecule has 0 saturated heterocycles. The molecule has 0 aromatic heterocycles. The topological polar surface area (TPSA) is 52.6 Å². The van der Waals surface area contributed by atoms with Gasteiger partial charge in [0.1, 0.15) is 5.54 Å². The zero-order valence-corrected chi connectivity index (χ0v) is 14.0. The predicted molar refractivity (Wildman–Crippen MR) is 83.0 cm³/mol. The first kappa shape index (κ1) is 17.4. The smallest absolute Gasteiger partial charge is 0.323 e. The maximum Gasteiger partial charge on any atom is 0.323 e. The lowest BCUT2D eigenvalue weighted by molar-refractivity contribution is -0.144. The fourth-order valence-electron chi connectivity index (χ4n) is 3.18. The zero-order valence-electron chi connectivity index (χ0n) is 14.0. The highest BCUT2D eigenvalue weighted by atomic mass is 16.4. The summed E-state index contributed by atoms with van der Waals surface area (Å²) in [6.07, 6.45) is 5.58. The van der Waals surface area contributed by atoms with Crippen molar-refractivity contribution in [2.75, 3.05) is 14.1 Å². The van der Waals surface area contributed by atoms with Gasteiger partial charge in [-0.05, 0) is 65.5 Å². The summed E-state index contributed by atoms with van der Waals surface area (Å²) in [4.78, 5) is 13.8. The Morgan fingerprint density at radius 1 is 1.45 bits per heavy atom. The monoisotopic (exact) mass is 284 g/mol. The lowest BCUT2D eigenvalue weighted by atomic mass is 9.75. The van der Waals surface area contributed by atoms with E-state index in [0.717, 1.165) is 0 Å². The van der Waals surface area contributed by atoms with Crippen molar-refractivity contribution in [1.29, 1.82) is 0 Å². The molecular formula is C16H32N2O2. The molecule has 0 spiro atoms. The molecule has 0 heterocycles. The summed E-state index contributed by atoms with van der Waals surface area (Å²) in [5, 5.41) is 12.3. The molecule has 0 amide bonds. The third-order valence-electron chi connectivity index (χ3n) is 5.31. The first-order valence-electron chi connectivity index (χ1n) is 7.75. The summed E-state index contributed by atoms with van der Waals surface area (Å²) < 4.78 is 0. The van der Waals surface area contributed by atoms with Crippen LogP contribution in [0.3, 0.4) is 0 Å². The summed E-state index contributed by atoms with van der Waals surface area (Å²) in [5.74, 6) is -0.773. The summed E-state index contributed by atoms with van der Waals surface area (Å²) in [5.41, 5.74) is -0.372. The molecule has 20 heavy (non-hydrogen) atoms. The van der Waals surface area contributed by atoms with Gasteiger partial charge in [0, 0.05) is 12.1 Å². The van der Waals surface area contributed by atoms with Gasteiger partial charge in [-0.25, -0.2) is 0 Å². The third kappa shape index (κ3) is 4.19. The molecule has 1 fully saturated rings. The van der Waals surface area contributed by atoms with Crippen LogP contribution in [-0.2, 0) is 4.79 Å². The number of carbonyl (C=O) groups is 1. The number of likely N-dealkylation sites (N-methyl/N-ethyl adjacent to an activating group) is 1. The molecule has 2 unspecified atom stereocenters. The summed E-state index contributed by atoms with van der Waals surface area (Å²) in [7, 11) is 3.87. The van der Waals surface area contributed by atoms with Crippen molar-refractivity contribution in [1.82, 2.24) is 10.2 Å². The first-order chi connectivity index (χ1) is 9.11. The van der Waals surface area contributed by atoms with Gasteiger partial charge in [-0.3, -0.25) is 4.79 Å². The van der Waals surface area contributed by atoms with E-state index in [4.69, 9.17) is 0 Å². The molecule has 1 saturated carbocycles. The predicted octanol–water partition coefficient (Wildman–Crippen LogP) is 2.73. The normalized spacial score (nSPS) is 24.4. The van der Waals surface area contributed by atoms with Crippen LogP contribution in [0.4, 0.5) is 0 Å². The van der Waals surface area contributed by atoms with Crippen LogP contribution in [0.25, 0.3) is 0 Å². The van der Waals surface area contributed by atoms with E-state index >= 15 is 0 Å². The number of aliphatic carboxylic acids is 1. The van der Waals surface area contributed by atoms with E-state index < -0.39 is 11.5 Å². The highest BCUT2D eigenvalue weighted by Gasteiger charge is 2.36. The van der Waals surface area contributed by atoms with Crippen molar-refractivity contribution in [3.63, 3.8) is 0 Å². The van der Waals surface area contributed by atoms with Gasteiger partial charge in [-0.2, -0.15) is 0 Å². The molecular weight excluding hydrogens is 252 g/mol. The Morgan fingerprint density at radius 3 is 2.35 bits per heavy atom. The maximum absolute atomic E-state index is 11.4. The van der Waals surface area contributed by atoms with Crippen molar-refractivity contribution in [3.8, 4) is 0 Å². The molecule has 0 aliphatic heterocycles. The molecule has 4 nitrogen and oxygen atoms in total. The van der Waals surface area contributed by atoms with E-state index in [2.05, 4.69) is 38.0 Å². The van der Waals surface area contributed by atoms with Crippen molar-refractivity contribution in [2.45, 2.75) is 77.4 Å². The number of hydrogen-bond donors (Lipinski definition) is 2. The van der Waals surface area contributed by atoms with Gasteiger partial charge >= 0.3 is 5.97 Å². The largest absolute Gasteiger partial charge is 0.480 e. The minimum Gasteiger partial charge on any atom is -0.480 e. The molecule has 2 N–H and O–H groups in total. The molecule has 1 rings (SSSR count). The lowest BCUT2D eigenvalue weighted by Gasteiger charge is -2.42. The first-order valence-corrected chi connectivity index (χ1v) is 7.75. The van der Waals surface area contributed by atoms with E-state index in [0.29, 0.717) is 17.9 Å². The van der Waals surface area contributed by atoms with Crippen LogP contribution in [0.5, 0.6) is 0 Å². The van der Waals surface area contributed by atoms with E-state index in [-0.39, 0.29) is 6.04 Å². The fourth-order valence-corrected chi connectivity index (χ4v) is 3.18. The van der Waals surface area contributed by atoms with E-state index in [1.165, 1.54) is 25.7 Å². The number of hydrogen-bond acceptors (Lipinski definition) is 3. The van der Waals surface area contributed by atoms with E-state index in [1.54, 1.807) is 14.0 Å². The van der Waals surface area contributed by atoms with Gasteiger partial charge in [-0.1, -0.05) is 13.8 Å². The maximum atomic E-state index is 11.4. The summed E-state index contributed by atoms with van der Waals surface area (Å²) in [6.45, 7) is 8.59. The van der Waals surface area contributed by atoms with Gasteiger partial charge in [0.25, 0.3) is 0 Å². The second-order valence-corrected chi connectivity index (χ2v) is 7.50. The molecule has 0 aromatic rings. The van der Waals surface area contributed by atoms with Crippen molar-refractivity contribution >= 4 is 5.97 Å². The Kier molecular flexibility index (Phi) is 5.61. The van der Waals surface area contributed by atoms with Crippen LogP contribution < -0.4 is 5.32 Å². The molecule has 118 valence electrons. The minimum atomic E-state index is -0.846. The van der Waals surface area contributed by atoms with Crippen LogP contribution in [0, 0.1) is 5.41 Å². The van der Waals surface area contributed by atoms with Gasteiger partial charge in [0.2, 0.25) is 0 Å². The Balaban J connectivity index is 2.59. The number of nitrogens with one attached hydrogen (secondary N) is 1. The highest BCUT2D eigenvalue weighted by molar-refractivity contribution is 5.78. The van der Waals surface area contributed by atoms with E-state index in [9.17, 15) is 9.90 Å². The number of carboxylic acid groups (broad SMARTS) is 1. The van der Waals surface area contributed by atoms with Crippen molar-refractivity contribution < 1.29 is 9.90 Å². The van der Waals surface area contributed by atoms with Crippen molar-refractivity contribution in [2.24, 2.45) is 5.41 Å². The average Bonchev–Trinajstić information content (AvgIpc) is 2.37. The Morgan fingerprint density at radius 2 is 1.95 bits per heavy atom. The van der Waals surface area contributed by atoms with Gasteiger partial charge in [0.05, 0.1) is 0 Å². The average molecular weight is 284 g/mol. The number of rotatable bonds is 6. The Labute approximate surface area is 123 Å². The summed E-state index contributed by atoms with van der Waals surface area (Å²) in [6, 6.07) is 0.850. The number of nitrogens with zero attached hydrogens (tertiary/aromatic N) is 1. The van der Waals surface area contributed by atoms with Crippen LogP contribution in [-0.4, -0.2) is 47.7 Å². The van der Waals surface area contributed by atoms with Crippen molar-refractivity contribution in [3.05, 3.63) is 0 Å². The zero-order chi connectivity index (χ0) is 15.6. The fraction of sp³-hybridized carbons (Fsp3) is 0.938. The SMILES string of the molecule is CNC(C)(CC(C)N(C)C1CCC(C)(C)CC1)C(=O)O. The van der Waals surface area contributed by atoms with Crippen LogP contribution >= 0.6 is 0 Å². The molecule has 0 radical (unpaired) electrons. The quantitative estimate of drug-likeness (QED) is 0.787. The Hall–Kier alpha value is -0.610. The van der Waals surface area contributed by atoms with E-state index in [1.807, 2.05) is 0 Å². The second-order valence-electron chi connectivity index (χ2n) is 7.50. The van der Waals surface area contributed by atoms with Gasteiger partial charge in [0.15, 0.2) is 0 Å². The van der Waals surface area contributed by atoms with Crippen LogP contribution in [0.2, 0.25) is 0 Å². The molecule has 1 aliphatic carbocycles. The standard InChI is InChI=1S/C16H32N2O2/c1-12(11-16(4,17-5)14(19)20)18(6)13-7-9-15(2,3)10-8-13/h12-13,17H,7-11H2,1-6H3,(H,19,20). The highest BCUT2D eigenvalue weighted by Crippen LogP contribution is 2.37.